The number of nitrogens with zero attached hydrogens (tertiary/aromatic N) is 4. The molecule has 2 rings (SSSR count). The molecule has 2 aromatic rings. The highest BCUT2D eigenvalue weighted by atomic mass is 16.5. The van der Waals surface area contributed by atoms with Crippen molar-refractivity contribution < 1.29 is 4.74 Å². The lowest BCUT2D eigenvalue weighted by molar-refractivity contribution is 0.234. The van der Waals surface area contributed by atoms with E-state index in [1.807, 2.05) is 26.4 Å². The van der Waals surface area contributed by atoms with Crippen LogP contribution >= 0.6 is 0 Å². The van der Waals surface area contributed by atoms with Gasteiger partial charge < -0.3 is 20.4 Å². The quantitative estimate of drug-likeness (QED) is 0.722. The Bertz CT molecular complexity index is 540. The molecule has 21 heavy (non-hydrogen) atoms. The van der Waals surface area contributed by atoms with E-state index >= 15 is 0 Å². The zero-order valence-electron chi connectivity index (χ0n) is 12.5. The van der Waals surface area contributed by atoms with Gasteiger partial charge in [0.15, 0.2) is 5.82 Å². The molecule has 7 nitrogen and oxygen atoms in total. The van der Waals surface area contributed by atoms with Crippen LogP contribution in [0.2, 0.25) is 0 Å². The minimum atomic E-state index is 0.0326. The summed E-state index contributed by atoms with van der Waals surface area (Å²) in [6.07, 6.45) is 9.14. The van der Waals surface area contributed by atoms with Crippen LogP contribution in [-0.2, 0) is 6.54 Å². The summed E-state index contributed by atoms with van der Waals surface area (Å²) in [5.74, 6) is 1.06. The largest absolute Gasteiger partial charge is 0.473 e. The van der Waals surface area contributed by atoms with Crippen LogP contribution in [0.1, 0.15) is 26.7 Å². The Kier molecular flexibility index (Phi) is 5.36. The summed E-state index contributed by atoms with van der Waals surface area (Å²) in [5, 5.41) is 3.23. The van der Waals surface area contributed by atoms with Gasteiger partial charge in [0.1, 0.15) is 12.0 Å². The second-order valence-electron chi connectivity index (χ2n) is 5.04. The van der Waals surface area contributed by atoms with Crippen LogP contribution in [0.15, 0.2) is 25.0 Å². The number of imidazole rings is 1. The SMILES string of the molecule is CC(C)Oc1ncnc(NCCCCn2ccnc2)c1N. The first-order valence-corrected chi connectivity index (χ1v) is 7.13. The lowest BCUT2D eigenvalue weighted by atomic mass is 10.3. The maximum atomic E-state index is 6.00. The molecule has 0 radical (unpaired) electrons. The van der Waals surface area contributed by atoms with Crippen LogP contribution in [0, 0.1) is 0 Å². The smallest absolute Gasteiger partial charge is 0.242 e. The van der Waals surface area contributed by atoms with Crippen LogP contribution in [0.3, 0.4) is 0 Å². The molecule has 3 N–H and O–H groups in total. The summed E-state index contributed by atoms with van der Waals surface area (Å²) in [5.41, 5.74) is 6.46. The lowest BCUT2D eigenvalue weighted by Gasteiger charge is -2.13. The first-order chi connectivity index (χ1) is 10.2. The van der Waals surface area contributed by atoms with Gasteiger partial charge in [-0.25, -0.2) is 9.97 Å². The third-order valence-corrected chi connectivity index (χ3v) is 2.89. The molecule has 0 bridgehead atoms. The third kappa shape index (κ3) is 4.62. The second-order valence-corrected chi connectivity index (χ2v) is 5.04. The third-order valence-electron chi connectivity index (χ3n) is 2.89. The average Bonchev–Trinajstić information content (AvgIpc) is 2.95. The van der Waals surface area contributed by atoms with E-state index in [0.29, 0.717) is 17.4 Å². The molecule has 7 heteroatoms. The Morgan fingerprint density at radius 3 is 2.90 bits per heavy atom. The van der Waals surface area contributed by atoms with E-state index in [1.54, 1.807) is 6.20 Å². The lowest BCUT2D eigenvalue weighted by Crippen LogP contribution is -2.12. The van der Waals surface area contributed by atoms with Crippen molar-refractivity contribution in [3.05, 3.63) is 25.0 Å². The van der Waals surface area contributed by atoms with Crippen LogP contribution in [0.25, 0.3) is 0 Å². The maximum absolute atomic E-state index is 6.00. The molecular formula is C14H22N6O. The summed E-state index contributed by atoms with van der Waals surface area (Å²) in [4.78, 5) is 12.2. The number of hydrogen-bond donors (Lipinski definition) is 2. The second kappa shape index (κ2) is 7.47. The van der Waals surface area contributed by atoms with Crippen molar-refractivity contribution in [2.45, 2.75) is 39.3 Å². The summed E-state index contributed by atoms with van der Waals surface area (Å²) in [7, 11) is 0. The zero-order chi connectivity index (χ0) is 15.1. The molecular weight excluding hydrogens is 268 g/mol. The van der Waals surface area contributed by atoms with Gasteiger partial charge in [0.25, 0.3) is 0 Å². The van der Waals surface area contributed by atoms with Crippen molar-refractivity contribution in [2.75, 3.05) is 17.6 Å². The molecule has 0 spiro atoms. The van der Waals surface area contributed by atoms with Gasteiger partial charge in [-0.1, -0.05) is 0 Å². The number of rotatable bonds is 8. The monoisotopic (exact) mass is 290 g/mol. The average molecular weight is 290 g/mol. The summed E-state index contributed by atoms with van der Waals surface area (Å²) in [6.45, 7) is 5.63. The topological polar surface area (TPSA) is 90.9 Å². The fourth-order valence-corrected chi connectivity index (χ4v) is 1.88. The van der Waals surface area contributed by atoms with Gasteiger partial charge in [-0.2, -0.15) is 4.98 Å². The number of ether oxygens (including phenoxy) is 1. The van der Waals surface area contributed by atoms with Gasteiger partial charge in [-0.3, -0.25) is 0 Å². The van der Waals surface area contributed by atoms with Crippen molar-refractivity contribution in [1.82, 2.24) is 19.5 Å². The predicted molar refractivity (Wildman–Crippen MR) is 82.2 cm³/mol. The Hall–Kier alpha value is -2.31. The molecule has 0 saturated heterocycles. The van der Waals surface area contributed by atoms with Gasteiger partial charge in [0.05, 0.1) is 12.4 Å². The number of aromatic nitrogens is 4. The van der Waals surface area contributed by atoms with E-state index < -0.39 is 0 Å². The van der Waals surface area contributed by atoms with E-state index in [1.165, 1.54) is 6.33 Å². The van der Waals surface area contributed by atoms with Gasteiger partial charge in [0.2, 0.25) is 5.88 Å². The summed E-state index contributed by atoms with van der Waals surface area (Å²) < 4.78 is 7.60. The van der Waals surface area contributed by atoms with Crippen molar-refractivity contribution in [3.63, 3.8) is 0 Å². The normalized spacial score (nSPS) is 10.8. The van der Waals surface area contributed by atoms with Crippen molar-refractivity contribution in [1.29, 1.82) is 0 Å². The molecule has 0 amide bonds. The maximum Gasteiger partial charge on any atom is 0.242 e. The number of nitrogen functional groups attached to an aromatic ring is 1. The number of hydrogen-bond acceptors (Lipinski definition) is 6. The number of aryl methyl sites for hydroxylation is 1. The minimum absolute atomic E-state index is 0.0326. The fraction of sp³-hybridized carbons (Fsp3) is 0.500. The minimum Gasteiger partial charge on any atom is -0.473 e. The first kappa shape index (κ1) is 15.1. The first-order valence-electron chi connectivity index (χ1n) is 7.13. The Labute approximate surface area is 124 Å². The molecule has 0 aliphatic heterocycles. The van der Waals surface area contributed by atoms with E-state index in [9.17, 15) is 0 Å². The van der Waals surface area contributed by atoms with E-state index in [-0.39, 0.29) is 6.10 Å². The van der Waals surface area contributed by atoms with Gasteiger partial charge in [-0.05, 0) is 26.7 Å². The van der Waals surface area contributed by atoms with Gasteiger partial charge in [0, 0.05) is 25.5 Å². The van der Waals surface area contributed by atoms with Crippen molar-refractivity contribution >= 4 is 11.5 Å². The molecule has 0 aliphatic rings. The van der Waals surface area contributed by atoms with Crippen molar-refractivity contribution in [3.8, 4) is 5.88 Å². The summed E-state index contributed by atoms with van der Waals surface area (Å²) >= 11 is 0. The molecule has 0 unspecified atom stereocenters. The molecule has 0 aliphatic carbocycles. The standard InChI is InChI=1S/C14H22N6O/c1-11(2)21-14-12(15)13(18-9-19-14)17-5-3-4-7-20-8-6-16-10-20/h6,8-11H,3-5,7,15H2,1-2H3,(H,17,18,19). The van der Waals surface area contributed by atoms with Crippen LogP contribution < -0.4 is 15.8 Å². The summed E-state index contributed by atoms with van der Waals surface area (Å²) in [6, 6.07) is 0. The molecule has 0 fully saturated rings. The van der Waals surface area contributed by atoms with Gasteiger partial charge >= 0.3 is 0 Å². The molecule has 114 valence electrons. The molecule has 0 atom stereocenters. The number of anilines is 2. The highest BCUT2D eigenvalue weighted by Gasteiger charge is 2.09. The van der Waals surface area contributed by atoms with Crippen molar-refractivity contribution in [2.24, 2.45) is 0 Å². The fourth-order valence-electron chi connectivity index (χ4n) is 1.88. The Morgan fingerprint density at radius 2 is 2.19 bits per heavy atom. The highest BCUT2D eigenvalue weighted by molar-refractivity contribution is 5.66. The van der Waals surface area contributed by atoms with E-state index in [4.69, 9.17) is 10.5 Å². The Morgan fingerprint density at radius 1 is 1.33 bits per heavy atom. The van der Waals surface area contributed by atoms with E-state index in [2.05, 4.69) is 24.8 Å². The Balaban J connectivity index is 1.77. The van der Waals surface area contributed by atoms with E-state index in [0.717, 1.165) is 25.9 Å². The molecule has 0 saturated carbocycles. The molecule has 2 heterocycles. The molecule has 0 aromatic carbocycles. The highest BCUT2D eigenvalue weighted by Crippen LogP contribution is 2.25. The number of unbranched alkanes of at least 4 members (excludes halogenated alkanes) is 1. The molecule has 2 aromatic heterocycles. The van der Waals surface area contributed by atoms with Crippen LogP contribution in [0.4, 0.5) is 11.5 Å². The van der Waals surface area contributed by atoms with Gasteiger partial charge in [-0.15, -0.1) is 0 Å². The van der Waals surface area contributed by atoms with Crippen LogP contribution in [0.5, 0.6) is 5.88 Å². The zero-order valence-corrected chi connectivity index (χ0v) is 12.5. The van der Waals surface area contributed by atoms with Crippen LogP contribution in [-0.4, -0.2) is 32.2 Å². The number of nitrogens with one attached hydrogen (secondary N) is 1. The number of nitrogens with two attached hydrogens (primary N) is 1. The predicted octanol–water partition coefficient (Wildman–Crippen LogP) is 1.93.